The summed E-state index contributed by atoms with van der Waals surface area (Å²) in [7, 11) is 0. The van der Waals surface area contributed by atoms with Crippen molar-refractivity contribution in [2.45, 2.75) is 26.7 Å². The number of carboxylic acid groups (broad SMARTS) is 1. The predicted octanol–water partition coefficient (Wildman–Crippen LogP) is 2.33. The maximum atomic E-state index is 12.5. The third-order valence-corrected chi connectivity index (χ3v) is 2.93. The van der Waals surface area contributed by atoms with Crippen LogP contribution in [0.2, 0.25) is 0 Å². The molecule has 0 aromatic heterocycles. The molecule has 5 nitrogen and oxygen atoms in total. The van der Waals surface area contributed by atoms with Crippen molar-refractivity contribution < 1.29 is 14.7 Å². The topological polar surface area (TPSA) is 81.4 Å². The Morgan fingerprint density at radius 1 is 1.38 bits per heavy atom. The smallest absolute Gasteiger partial charge is 0.305 e. The molecule has 0 spiro atoms. The summed E-state index contributed by atoms with van der Waals surface area (Å²) < 4.78 is 0. The van der Waals surface area contributed by atoms with Crippen LogP contribution < -0.4 is 0 Å². The zero-order chi connectivity index (χ0) is 15.8. The van der Waals surface area contributed by atoms with Crippen molar-refractivity contribution in [2.24, 2.45) is 5.92 Å². The average Bonchev–Trinajstić information content (AvgIpc) is 2.43. The highest BCUT2D eigenvalue weighted by molar-refractivity contribution is 5.94. The van der Waals surface area contributed by atoms with Gasteiger partial charge in [0.15, 0.2) is 0 Å². The summed E-state index contributed by atoms with van der Waals surface area (Å²) in [5.41, 5.74) is 1.28. The van der Waals surface area contributed by atoms with Crippen molar-refractivity contribution in [3.05, 3.63) is 35.4 Å². The number of nitrogens with zero attached hydrogens (tertiary/aromatic N) is 2. The van der Waals surface area contributed by atoms with Crippen LogP contribution in [0.1, 0.15) is 36.2 Å². The molecule has 112 valence electrons. The molecule has 21 heavy (non-hydrogen) atoms. The van der Waals surface area contributed by atoms with E-state index in [0.29, 0.717) is 12.1 Å². The number of carboxylic acids is 1. The van der Waals surface area contributed by atoms with Crippen LogP contribution in [0.5, 0.6) is 0 Å². The fourth-order valence-electron chi connectivity index (χ4n) is 2.04. The lowest BCUT2D eigenvalue weighted by atomic mass is 10.1. The number of hydrogen-bond acceptors (Lipinski definition) is 3. The summed E-state index contributed by atoms with van der Waals surface area (Å²) in [6.07, 6.45) is 0.177. The Kier molecular flexibility index (Phi) is 6.41. The average molecular weight is 288 g/mol. The van der Waals surface area contributed by atoms with Gasteiger partial charge in [0.2, 0.25) is 0 Å². The fraction of sp³-hybridized carbons (Fsp3) is 0.438. The molecule has 0 heterocycles. The molecule has 0 saturated carbocycles. The summed E-state index contributed by atoms with van der Waals surface area (Å²) in [6, 6.07) is 8.97. The molecular formula is C16H20N2O3. The number of hydrogen-bond donors (Lipinski definition) is 1. The maximum Gasteiger partial charge on any atom is 0.305 e. The van der Waals surface area contributed by atoms with Crippen molar-refractivity contribution in [2.75, 3.05) is 13.1 Å². The normalized spacial score (nSPS) is 10.2. The van der Waals surface area contributed by atoms with E-state index in [1.54, 1.807) is 29.2 Å². The Morgan fingerprint density at radius 3 is 2.67 bits per heavy atom. The number of carbonyl (C=O) groups is 2. The van der Waals surface area contributed by atoms with Crippen LogP contribution in [0.15, 0.2) is 24.3 Å². The van der Waals surface area contributed by atoms with E-state index in [9.17, 15) is 9.59 Å². The van der Waals surface area contributed by atoms with Gasteiger partial charge in [0.25, 0.3) is 5.91 Å². The quantitative estimate of drug-likeness (QED) is 0.834. The molecule has 1 rings (SSSR count). The Balaban J connectivity index is 2.90. The first-order chi connectivity index (χ1) is 9.93. The zero-order valence-corrected chi connectivity index (χ0v) is 12.4. The highest BCUT2D eigenvalue weighted by Crippen LogP contribution is 2.11. The monoisotopic (exact) mass is 288 g/mol. The van der Waals surface area contributed by atoms with Crippen LogP contribution in [-0.4, -0.2) is 35.0 Å². The summed E-state index contributed by atoms with van der Waals surface area (Å²) in [5.74, 6) is -0.857. The Bertz CT molecular complexity index is 547. The van der Waals surface area contributed by atoms with Crippen molar-refractivity contribution in [1.82, 2.24) is 4.90 Å². The number of aliphatic carboxylic acids is 1. The van der Waals surface area contributed by atoms with E-state index >= 15 is 0 Å². The van der Waals surface area contributed by atoms with E-state index in [2.05, 4.69) is 0 Å². The second-order valence-electron chi connectivity index (χ2n) is 5.32. The standard InChI is InChI=1S/C16H20N2O3/c1-12(2)11-18(9-7-15(19)20)16(21)14-5-3-4-13(10-14)6-8-17/h3-5,10,12H,6-7,9,11H2,1-2H3,(H,19,20). The van der Waals surface area contributed by atoms with Gasteiger partial charge in [0.1, 0.15) is 0 Å². The summed E-state index contributed by atoms with van der Waals surface area (Å²) in [4.78, 5) is 24.8. The molecule has 0 aliphatic carbocycles. The fourth-order valence-corrected chi connectivity index (χ4v) is 2.04. The second kappa shape index (κ2) is 8.05. The largest absolute Gasteiger partial charge is 0.481 e. The molecule has 0 aliphatic heterocycles. The SMILES string of the molecule is CC(C)CN(CCC(=O)O)C(=O)c1cccc(CC#N)c1. The first-order valence-electron chi connectivity index (χ1n) is 6.91. The molecular weight excluding hydrogens is 268 g/mol. The third kappa shape index (κ3) is 5.65. The van der Waals surface area contributed by atoms with E-state index in [1.807, 2.05) is 19.9 Å². The zero-order valence-electron chi connectivity index (χ0n) is 12.4. The molecule has 1 amide bonds. The molecule has 0 radical (unpaired) electrons. The molecule has 0 fully saturated rings. The van der Waals surface area contributed by atoms with E-state index in [-0.39, 0.29) is 31.2 Å². The van der Waals surface area contributed by atoms with Crippen LogP contribution in [0.3, 0.4) is 0 Å². The second-order valence-corrected chi connectivity index (χ2v) is 5.32. The number of carbonyl (C=O) groups excluding carboxylic acids is 1. The molecule has 0 bridgehead atoms. The maximum absolute atomic E-state index is 12.5. The lowest BCUT2D eigenvalue weighted by Crippen LogP contribution is -2.36. The van der Waals surface area contributed by atoms with Crippen LogP contribution in [-0.2, 0) is 11.2 Å². The molecule has 1 aromatic carbocycles. The van der Waals surface area contributed by atoms with Crippen LogP contribution in [0, 0.1) is 17.2 Å². The van der Waals surface area contributed by atoms with E-state index in [1.165, 1.54) is 0 Å². The highest BCUT2D eigenvalue weighted by atomic mass is 16.4. The number of benzene rings is 1. The Hall–Kier alpha value is -2.35. The van der Waals surface area contributed by atoms with Gasteiger partial charge >= 0.3 is 5.97 Å². The minimum absolute atomic E-state index is 0.0731. The van der Waals surface area contributed by atoms with Crippen molar-refractivity contribution in [3.63, 3.8) is 0 Å². The highest BCUT2D eigenvalue weighted by Gasteiger charge is 2.18. The summed E-state index contributed by atoms with van der Waals surface area (Å²) in [5, 5.41) is 17.5. The van der Waals surface area contributed by atoms with E-state index in [0.717, 1.165) is 5.56 Å². The van der Waals surface area contributed by atoms with Gasteiger partial charge in [-0.15, -0.1) is 0 Å². The van der Waals surface area contributed by atoms with Crippen LogP contribution >= 0.6 is 0 Å². The van der Waals surface area contributed by atoms with Gasteiger partial charge in [-0.25, -0.2) is 0 Å². The molecule has 0 atom stereocenters. The lowest BCUT2D eigenvalue weighted by Gasteiger charge is -2.24. The minimum Gasteiger partial charge on any atom is -0.481 e. The van der Waals surface area contributed by atoms with Gasteiger partial charge in [0.05, 0.1) is 18.9 Å². The van der Waals surface area contributed by atoms with Gasteiger partial charge in [0, 0.05) is 18.7 Å². The van der Waals surface area contributed by atoms with Gasteiger partial charge in [-0.1, -0.05) is 26.0 Å². The van der Waals surface area contributed by atoms with Gasteiger partial charge < -0.3 is 10.0 Å². The minimum atomic E-state index is -0.921. The summed E-state index contributed by atoms with van der Waals surface area (Å²) in [6.45, 7) is 4.66. The molecule has 1 aromatic rings. The van der Waals surface area contributed by atoms with Gasteiger partial charge in [-0.2, -0.15) is 5.26 Å². The third-order valence-electron chi connectivity index (χ3n) is 2.93. The first kappa shape index (κ1) is 16.7. The molecule has 0 aliphatic rings. The number of amides is 1. The Morgan fingerprint density at radius 2 is 2.10 bits per heavy atom. The summed E-state index contributed by atoms with van der Waals surface area (Å²) >= 11 is 0. The Labute approximate surface area is 124 Å². The molecule has 0 unspecified atom stereocenters. The molecule has 5 heteroatoms. The van der Waals surface area contributed by atoms with E-state index < -0.39 is 5.97 Å². The van der Waals surface area contributed by atoms with Gasteiger partial charge in [-0.3, -0.25) is 9.59 Å². The predicted molar refractivity (Wildman–Crippen MR) is 78.8 cm³/mol. The van der Waals surface area contributed by atoms with Gasteiger partial charge in [-0.05, 0) is 23.6 Å². The molecule has 1 N–H and O–H groups in total. The number of rotatable bonds is 7. The molecule has 0 saturated heterocycles. The van der Waals surface area contributed by atoms with Crippen LogP contribution in [0.4, 0.5) is 0 Å². The number of nitriles is 1. The van der Waals surface area contributed by atoms with Crippen molar-refractivity contribution in [1.29, 1.82) is 5.26 Å². The first-order valence-corrected chi connectivity index (χ1v) is 6.91. The van der Waals surface area contributed by atoms with Crippen molar-refractivity contribution >= 4 is 11.9 Å². The van der Waals surface area contributed by atoms with Crippen molar-refractivity contribution in [3.8, 4) is 6.07 Å². The lowest BCUT2D eigenvalue weighted by molar-refractivity contribution is -0.137. The van der Waals surface area contributed by atoms with E-state index in [4.69, 9.17) is 10.4 Å². The van der Waals surface area contributed by atoms with Crippen LogP contribution in [0.25, 0.3) is 0 Å².